The number of nitrogens with zero attached hydrogens (tertiary/aromatic N) is 1. The second kappa shape index (κ2) is 8.44. The van der Waals surface area contributed by atoms with E-state index in [1.54, 1.807) is 0 Å². The fraction of sp³-hybridized carbons (Fsp3) is 0.593. The maximum atomic E-state index is 13.6. The van der Waals surface area contributed by atoms with Crippen LogP contribution in [0.1, 0.15) is 110 Å². The third-order valence-electron chi connectivity index (χ3n) is 7.80. The molecule has 3 aliphatic rings. The van der Waals surface area contributed by atoms with Crippen molar-refractivity contribution in [2.24, 2.45) is 5.41 Å². The van der Waals surface area contributed by atoms with Gasteiger partial charge in [0.05, 0.1) is 11.3 Å². The van der Waals surface area contributed by atoms with Gasteiger partial charge in [0, 0.05) is 15.7 Å². The van der Waals surface area contributed by atoms with Gasteiger partial charge in [-0.05, 0) is 66.3 Å². The molecule has 1 aromatic heterocycles. The van der Waals surface area contributed by atoms with Crippen LogP contribution in [-0.4, -0.2) is 9.41 Å². The molecule has 3 nitrogen and oxygen atoms in total. The number of rotatable bonds is 3. The lowest BCUT2D eigenvalue weighted by atomic mass is 9.70. The van der Waals surface area contributed by atoms with Crippen LogP contribution < -0.4 is 5.11 Å². The van der Waals surface area contributed by atoms with Gasteiger partial charge in [-0.2, -0.15) is 13.2 Å². The first-order valence-electron chi connectivity index (χ1n) is 12.1. The molecule has 2 aliphatic carbocycles. The van der Waals surface area contributed by atoms with E-state index in [9.17, 15) is 18.3 Å². The number of ether oxygens (including phenoxy) is 1. The van der Waals surface area contributed by atoms with Gasteiger partial charge in [0.1, 0.15) is 11.7 Å². The van der Waals surface area contributed by atoms with Crippen LogP contribution in [-0.2, 0) is 22.9 Å². The molecule has 2 heterocycles. The molecule has 2 unspecified atom stereocenters. The van der Waals surface area contributed by atoms with Crippen LogP contribution >= 0.6 is 22.6 Å². The zero-order chi connectivity index (χ0) is 24.5. The highest BCUT2D eigenvalue weighted by Crippen LogP contribution is 2.55. The van der Waals surface area contributed by atoms with E-state index in [1.165, 1.54) is 12.1 Å². The SMILES string of the molecule is CC1(C)Cc2nc3c(c(C4CCCC4)c2[C@@H]([O-])C1)C(c1ccc(C(F)(F)F)cc1)OC3(C)CI. The van der Waals surface area contributed by atoms with Crippen molar-refractivity contribution >= 4 is 22.6 Å². The van der Waals surface area contributed by atoms with Crippen molar-refractivity contribution < 1.29 is 23.0 Å². The van der Waals surface area contributed by atoms with E-state index in [0.29, 0.717) is 16.4 Å². The minimum absolute atomic E-state index is 0.111. The van der Waals surface area contributed by atoms with Gasteiger partial charge in [-0.25, -0.2) is 0 Å². The molecule has 34 heavy (non-hydrogen) atoms. The zero-order valence-corrected chi connectivity index (χ0v) is 21.9. The van der Waals surface area contributed by atoms with E-state index in [1.807, 2.05) is 6.92 Å². The van der Waals surface area contributed by atoms with Crippen molar-refractivity contribution in [2.45, 2.75) is 89.2 Å². The van der Waals surface area contributed by atoms with Crippen molar-refractivity contribution in [1.29, 1.82) is 0 Å². The number of hydrogen-bond acceptors (Lipinski definition) is 3. The highest BCUT2D eigenvalue weighted by atomic mass is 127. The summed E-state index contributed by atoms with van der Waals surface area (Å²) in [7, 11) is 0. The standard InChI is InChI=1S/C27H30F3INO2/c1-25(2)12-18-21(19(33)13-25)20(15-6-4-5-7-15)22-23(34-26(3,14-31)24(22)32-18)16-8-10-17(11-9-16)27(28,29)30/h8-11,15,19,23H,4-7,12-14H2,1-3H3/q-1/t19-,23?,26?/m0/s1. The summed E-state index contributed by atoms with van der Waals surface area (Å²) in [4.78, 5) is 5.12. The Balaban J connectivity index is 1.73. The number of fused-ring (bicyclic) bond motifs is 2. The van der Waals surface area contributed by atoms with E-state index in [2.05, 4.69) is 36.4 Å². The fourth-order valence-corrected chi connectivity index (χ4v) is 6.72. The zero-order valence-electron chi connectivity index (χ0n) is 19.8. The Hall–Kier alpha value is -1.19. The van der Waals surface area contributed by atoms with Crippen LogP contribution in [0.25, 0.3) is 0 Å². The summed E-state index contributed by atoms with van der Waals surface area (Å²) in [6.45, 7) is 6.27. The maximum absolute atomic E-state index is 13.6. The fourth-order valence-electron chi connectivity index (χ4n) is 6.18. The highest BCUT2D eigenvalue weighted by Gasteiger charge is 2.48. The Morgan fingerprint density at radius 1 is 1.06 bits per heavy atom. The van der Waals surface area contributed by atoms with Crippen LogP contribution in [0.3, 0.4) is 0 Å². The summed E-state index contributed by atoms with van der Waals surface area (Å²) in [6.07, 6.45) is -0.117. The van der Waals surface area contributed by atoms with Crippen LogP contribution in [0.4, 0.5) is 13.2 Å². The van der Waals surface area contributed by atoms with Gasteiger partial charge in [-0.15, -0.1) is 0 Å². The van der Waals surface area contributed by atoms with Gasteiger partial charge < -0.3 is 9.84 Å². The quantitative estimate of drug-likeness (QED) is 0.291. The van der Waals surface area contributed by atoms with Crippen LogP contribution in [0.2, 0.25) is 0 Å². The summed E-state index contributed by atoms with van der Waals surface area (Å²) in [5.74, 6) is 0.278. The Bertz CT molecular complexity index is 1090. The molecule has 0 N–H and O–H groups in total. The lowest BCUT2D eigenvalue weighted by Gasteiger charge is -2.43. The lowest BCUT2D eigenvalue weighted by molar-refractivity contribution is -0.434. The van der Waals surface area contributed by atoms with Gasteiger partial charge in [0.25, 0.3) is 0 Å². The molecule has 7 heteroatoms. The Labute approximate surface area is 212 Å². The average Bonchev–Trinajstić information content (AvgIpc) is 3.38. The largest absolute Gasteiger partial charge is 0.848 e. The third-order valence-corrected chi connectivity index (χ3v) is 9.25. The van der Waals surface area contributed by atoms with Gasteiger partial charge in [-0.1, -0.05) is 73.9 Å². The van der Waals surface area contributed by atoms with Crippen molar-refractivity contribution in [3.63, 3.8) is 0 Å². The number of pyridine rings is 1. The van der Waals surface area contributed by atoms with E-state index in [0.717, 1.165) is 72.3 Å². The molecular formula is C27H30F3INO2-. The van der Waals surface area contributed by atoms with Crippen molar-refractivity contribution in [3.05, 3.63) is 63.5 Å². The molecule has 0 bridgehead atoms. The first kappa shape index (κ1) is 24.5. The molecule has 0 saturated heterocycles. The second-order valence-corrected chi connectivity index (χ2v) is 11.9. The molecule has 1 saturated carbocycles. The van der Waals surface area contributed by atoms with E-state index in [4.69, 9.17) is 9.72 Å². The number of hydrogen-bond donors (Lipinski definition) is 0. The number of halogens is 4. The predicted molar refractivity (Wildman–Crippen MR) is 131 cm³/mol. The van der Waals surface area contributed by atoms with Crippen molar-refractivity contribution in [2.75, 3.05) is 4.43 Å². The Kier molecular flexibility index (Phi) is 6.08. The smallest absolute Gasteiger partial charge is 0.416 e. The summed E-state index contributed by atoms with van der Waals surface area (Å²) < 4.78 is 46.9. The van der Waals surface area contributed by atoms with Gasteiger partial charge >= 0.3 is 6.18 Å². The Morgan fingerprint density at radius 3 is 2.29 bits per heavy atom. The first-order chi connectivity index (χ1) is 15.9. The van der Waals surface area contributed by atoms with E-state index in [-0.39, 0.29) is 11.3 Å². The van der Waals surface area contributed by atoms with Gasteiger partial charge in [0.15, 0.2) is 0 Å². The molecular weight excluding hydrogens is 554 g/mol. The summed E-state index contributed by atoms with van der Waals surface area (Å²) in [5.41, 5.74) is 3.92. The number of alkyl halides is 4. The predicted octanol–water partition coefficient (Wildman–Crippen LogP) is 6.90. The molecule has 0 amide bonds. The Morgan fingerprint density at radius 2 is 1.71 bits per heavy atom. The summed E-state index contributed by atoms with van der Waals surface area (Å²) in [5, 5.41) is 13.6. The van der Waals surface area contributed by atoms with Gasteiger partial charge in [0.2, 0.25) is 0 Å². The minimum Gasteiger partial charge on any atom is -0.848 e. The third kappa shape index (κ3) is 4.09. The topological polar surface area (TPSA) is 45.2 Å². The number of benzene rings is 1. The molecule has 184 valence electrons. The van der Waals surface area contributed by atoms with Crippen LogP contribution in [0.5, 0.6) is 0 Å². The highest BCUT2D eigenvalue weighted by molar-refractivity contribution is 14.1. The molecule has 3 atom stereocenters. The summed E-state index contributed by atoms with van der Waals surface area (Å²) in [6, 6.07) is 5.29. The van der Waals surface area contributed by atoms with Crippen molar-refractivity contribution in [1.82, 2.24) is 4.98 Å². The minimum atomic E-state index is -4.39. The van der Waals surface area contributed by atoms with Gasteiger partial charge in [-0.3, -0.25) is 4.98 Å². The molecule has 1 aromatic carbocycles. The molecule has 1 aliphatic heterocycles. The monoisotopic (exact) mass is 584 g/mol. The van der Waals surface area contributed by atoms with E-state index < -0.39 is 29.5 Å². The van der Waals surface area contributed by atoms with Crippen LogP contribution in [0, 0.1) is 5.41 Å². The molecule has 2 aromatic rings. The lowest BCUT2D eigenvalue weighted by Crippen LogP contribution is -2.35. The first-order valence-corrected chi connectivity index (χ1v) is 13.6. The van der Waals surface area contributed by atoms with E-state index >= 15 is 0 Å². The average molecular weight is 584 g/mol. The second-order valence-electron chi connectivity index (χ2n) is 11.1. The molecule has 0 spiro atoms. The molecule has 1 fully saturated rings. The number of aromatic nitrogens is 1. The molecule has 0 radical (unpaired) electrons. The van der Waals surface area contributed by atoms with Crippen molar-refractivity contribution in [3.8, 4) is 0 Å². The van der Waals surface area contributed by atoms with Crippen LogP contribution in [0.15, 0.2) is 24.3 Å². The molecule has 5 rings (SSSR count). The maximum Gasteiger partial charge on any atom is 0.416 e. The normalized spacial score (nSPS) is 28.7. The summed E-state index contributed by atoms with van der Waals surface area (Å²) >= 11 is 2.30.